The molecule has 0 radical (unpaired) electrons. The maximum Gasteiger partial charge on any atom is 0.274 e. The lowest BCUT2D eigenvalue weighted by Crippen LogP contribution is -2.41. The van der Waals surface area contributed by atoms with Crippen LogP contribution < -0.4 is 10.1 Å². The fourth-order valence-electron chi connectivity index (χ4n) is 3.51. The normalized spacial score (nSPS) is 15.4. The summed E-state index contributed by atoms with van der Waals surface area (Å²) in [7, 11) is -3.65. The first-order valence-corrected chi connectivity index (χ1v) is 11.4. The van der Waals surface area contributed by atoms with Crippen molar-refractivity contribution in [2.45, 2.75) is 31.6 Å². The number of rotatable bonds is 7. The number of aryl methyl sites for hydroxylation is 1. The number of hydrogen-bond acceptors (Lipinski definition) is 6. The highest BCUT2D eigenvalue weighted by atomic mass is 32.2. The van der Waals surface area contributed by atoms with E-state index in [1.165, 1.54) is 22.5 Å². The Hall–Kier alpha value is -2.98. The summed E-state index contributed by atoms with van der Waals surface area (Å²) in [6.45, 7) is 4.43. The average Bonchev–Trinajstić information content (AvgIpc) is 2.75. The third-order valence-electron chi connectivity index (χ3n) is 5.27. The Morgan fingerprint density at radius 2 is 1.84 bits per heavy atom. The number of benzene rings is 2. The van der Waals surface area contributed by atoms with Crippen LogP contribution in [0.1, 0.15) is 25.3 Å². The summed E-state index contributed by atoms with van der Waals surface area (Å²) in [5, 5.41) is 13.8. The molecule has 3 rings (SSSR count). The van der Waals surface area contributed by atoms with Crippen LogP contribution in [0.25, 0.3) is 0 Å². The molecular weight excluding hydrogens is 422 g/mol. The summed E-state index contributed by atoms with van der Waals surface area (Å²) in [6, 6.07) is 10.8. The van der Waals surface area contributed by atoms with Crippen LogP contribution in [-0.4, -0.2) is 43.2 Å². The first kappa shape index (κ1) is 22.7. The fraction of sp³-hybridized carbons (Fsp3) is 0.381. The van der Waals surface area contributed by atoms with Gasteiger partial charge in [-0.05, 0) is 57.0 Å². The van der Waals surface area contributed by atoms with E-state index >= 15 is 0 Å². The molecule has 0 bridgehead atoms. The Kier molecular flexibility index (Phi) is 6.91. The van der Waals surface area contributed by atoms with E-state index in [0.29, 0.717) is 36.4 Å². The van der Waals surface area contributed by atoms with Gasteiger partial charge in [0.1, 0.15) is 5.75 Å². The monoisotopic (exact) mass is 447 g/mol. The second-order valence-electron chi connectivity index (χ2n) is 7.33. The number of hydrogen-bond donors (Lipinski definition) is 1. The van der Waals surface area contributed by atoms with Crippen LogP contribution in [-0.2, 0) is 14.8 Å². The van der Waals surface area contributed by atoms with Crippen molar-refractivity contribution >= 4 is 27.3 Å². The number of carbonyl (C=O) groups excluding carboxylic acids is 1. The van der Waals surface area contributed by atoms with Gasteiger partial charge in [0.2, 0.25) is 15.9 Å². The van der Waals surface area contributed by atoms with Crippen LogP contribution in [0, 0.1) is 23.0 Å². The molecule has 1 amide bonds. The summed E-state index contributed by atoms with van der Waals surface area (Å²) in [5.74, 6) is -0.0309. The van der Waals surface area contributed by atoms with Gasteiger partial charge in [-0.1, -0.05) is 6.07 Å². The van der Waals surface area contributed by atoms with Gasteiger partial charge < -0.3 is 10.1 Å². The molecule has 166 valence electrons. The van der Waals surface area contributed by atoms with E-state index in [4.69, 9.17) is 4.74 Å². The van der Waals surface area contributed by atoms with E-state index in [0.717, 1.165) is 0 Å². The molecule has 31 heavy (non-hydrogen) atoms. The number of anilines is 1. The van der Waals surface area contributed by atoms with Crippen LogP contribution in [0.3, 0.4) is 0 Å². The van der Waals surface area contributed by atoms with Gasteiger partial charge in [0.05, 0.1) is 16.4 Å². The minimum atomic E-state index is -3.65. The lowest BCUT2D eigenvalue weighted by molar-refractivity contribution is -0.385. The molecule has 2 aromatic rings. The number of nitro benzene ring substituents is 1. The van der Waals surface area contributed by atoms with Gasteiger partial charge in [-0.2, -0.15) is 4.31 Å². The number of amides is 1. The predicted molar refractivity (Wildman–Crippen MR) is 116 cm³/mol. The summed E-state index contributed by atoms with van der Waals surface area (Å²) >= 11 is 0. The van der Waals surface area contributed by atoms with Gasteiger partial charge in [-0.25, -0.2) is 8.42 Å². The number of piperidine rings is 1. The van der Waals surface area contributed by atoms with Crippen molar-refractivity contribution < 1.29 is 22.9 Å². The van der Waals surface area contributed by atoms with E-state index in [1.54, 1.807) is 31.2 Å². The summed E-state index contributed by atoms with van der Waals surface area (Å²) < 4.78 is 32.5. The minimum absolute atomic E-state index is 0.0610. The lowest BCUT2D eigenvalue weighted by Gasteiger charge is -2.30. The topological polar surface area (TPSA) is 119 Å². The average molecular weight is 448 g/mol. The molecular formula is C21H25N3O6S. The first-order chi connectivity index (χ1) is 14.7. The zero-order chi connectivity index (χ0) is 22.6. The van der Waals surface area contributed by atoms with Gasteiger partial charge in [0.25, 0.3) is 5.69 Å². The largest absolute Gasteiger partial charge is 0.494 e. The van der Waals surface area contributed by atoms with Crippen molar-refractivity contribution in [2.75, 3.05) is 25.0 Å². The molecule has 1 fully saturated rings. The smallest absolute Gasteiger partial charge is 0.274 e. The number of nitrogens with zero attached hydrogens (tertiary/aromatic N) is 2. The van der Waals surface area contributed by atoms with E-state index in [1.807, 2.05) is 6.92 Å². The molecule has 1 aliphatic rings. The lowest BCUT2D eigenvalue weighted by atomic mass is 9.97. The molecule has 0 unspecified atom stereocenters. The SMILES string of the molecule is CCOc1ccc(S(=O)(=O)N2CCC(C(=O)Nc3ccc(C)c([N+](=O)[O-])c3)CC2)cc1. The zero-order valence-corrected chi connectivity index (χ0v) is 18.2. The first-order valence-electron chi connectivity index (χ1n) is 10.0. The predicted octanol–water partition coefficient (Wildman–Crippen LogP) is 3.34. The third-order valence-corrected chi connectivity index (χ3v) is 7.18. The standard InChI is InChI=1S/C21H25N3O6S/c1-3-30-18-6-8-19(9-7-18)31(28,29)23-12-10-16(11-13-23)21(25)22-17-5-4-15(2)20(14-17)24(26)27/h4-9,14,16H,3,10-13H2,1-2H3,(H,22,25). The molecule has 0 aromatic heterocycles. The number of ether oxygens (including phenoxy) is 1. The number of sulfonamides is 1. The minimum Gasteiger partial charge on any atom is -0.494 e. The third kappa shape index (κ3) is 5.20. The van der Waals surface area contributed by atoms with Crippen LogP contribution in [0.5, 0.6) is 5.75 Å². The zero-order valence-electron chi connectivity index (χ0n) is 17.4. The molecule has 0 atom stereocenters. The van der Waals surface area contributed by atoms with E-state index in [-0.39, 0.29) is 35.5 Å². The van der Waals surface area contributed by atoms with Gasteiger partial charge >= 0.3 is 0 Å². The van der Waals surface area contributed by atoms with E-state index < -0.39 is 14.9 Å². The summed E-state index contributed by atoms with van der Waals surface area (Å²) in [4.78, 5) is 23.4. The van der Waals surface area contributed by atoms with Crippen molar-refractivity contribution in [1.29, 1.82) is 0 Å². The van der Waals surface area contributed by atoms with Gasteiger partial charge in [-0.3, -0.25) is 14.9 Å². The molecule has 0 aliphatic carbocycles. The second-order valence-corrected chi connectivity index (χ2v) is 9.27. The number of nitro groups is 1. The fourth-order valence-corrected chi connectivity index (χ4v) is 4.98. The second kappa shape index (κ2) is 9.44. The molecule has 1 heterocycles. The number of carbonyl (C=O) groups is 1. The van der Waals surface area contributed by atoms with E-state index in [9.17, 15) is 23.3 Å². The molecule has 1 aliphatic heterocycles. The molecule has 1 N–H and O–H groups in total. The van der Waals surface area contributed by atoms with Gasteiger partial charge in [0, 0.05) is 36.3 Å². The maximum absolute atomic E-state index is 12.9. The van der Waals surface area contributed by atoms with Crippen LogP contribution >= 0.6 is 0 Å². The van der Waals surface area contributed by atoms with E-state index in [2.05, 4.69) is 5.32 Å². The Balaban J connectivity index is 1.61. The Labute approximate surface area is 181 Å². The highest BCUT2D eigenvalue weighted by Gasteiger charge is 2.32. The van der Waals surface area contributed by atoms with Gasteiger partial charge in [0.15, 0.2) is 0 Å². The van der Waals surface area contributed by atoms with Crippen molar-refractivity contribution in [3.8, 4) is 5.75 Å². The van der Waals surface area contributed by atoms with Crippen LogP contribution in [0.4, 0.5) is 11.4 Å². The van der Waals surface area contributed by atoms with Crippen molar-refractivity contribution in [3.63, 3.8) is 0 Å². The van der Waals surface area contributed by atoms with Gasteiger partial charge in [-0.15, -0.1) is 0 Å². The Morgan fingerprint density at radius 3 is 2.42 bits per heavy atom. The molecule has 10 heteroatoms. The molecule has 2 aromatic carbocycles. The van der Waals surface area contributed by atoms with Crippen LogP contribution in [0.2, 0.25) is 0 Å². The van der Waals surface area contributed by atoms with Crippen molar-refractivity contribution in [3.05, 3.63) is 58.1 Å². The van der Waals surface area contributed by atoms with Crippen LogP contribution in [0.15, 0.2) is 47.4 Å². The molecule has 0 spiro atoms. The maximum atomic E-state index is 12.9. The Bertz CT molecular complexity index is 1060. The van der Waals surface area contributed by atoms with Crippen molar-refractivity contribution in [2.24, 2.45) is 5.92 Å². The highest BCUT2D eigenvalue weighted by Crippen LogP contribution is 2.27. The summed E-state index contributed by atoms with van der Waals surface area (Å²) in [5.41, 5.74) is 0.802. The number of nitrogens with one attached hydrogen (secondary N) is 1. The quantitative estimate of drug-likeness (QED) is 0.514. The Morgan fingerprint density at radius 1 is 1.19 bits per heavy atom. The summed E-state index contributed by atoms with van der Waals surface area (Å²) in [6.07, 6.45) is 0.742. The molecule has 1 saturated heterocycles. The molecule has 9 nitrogen and oxygen atoms in total. The molecule has 0 saturated carbocycles. The highest BCUT2D eigenvalue weighted by molar-refractivity contribution is 7.89. The van der Waals surface area contributed by atoms with Crippen molar-refractivity contribution in [1.82, 2.24) is 4.31 Å².